The Bertz CT molecular complexity index is 990. The number of ether oxygens (including phenoxy) is 1. The van der Waals surface area contributed by atoms with Crippen molar-refractivity contribution in [2.24, 2.45) is 5.73 Å². The minimum absolute atomic E-state index is 0.107. The predicted octanol–water partition coefficient (Wildman–Crippen LogP) is 4.87. The van der Waals surface area contributed by atoms with Crippen molar-refractivity contribution in [1.82, 2.24) is 0 Å². The van der Waals surface area contributed by atoms with E-state index in [1.54, 1.807) is 0 Å². The Hall–Kier alpha value is -3.11. The van der Waals surface area contributed by atoms with E-state index in [2.05, 4.69) is 71.6 Å². The summed E-state index contributed by atoms with van der Waals surface area (Å²) in [5.74, 6) is 0.107. The molecular weight excluding hydrogens is 370 g/mol. The predicted molar refractivity (Wildman–Crippen MR) is 124 cm³/mol. The molecule has 1 aliphatic heterocycles. The zero-order valence-electron chi connectivity index (χ0n) is 17.5. The average molecular weight is 400 g/mol. The van der Waals surface area contributed by atoms with Crippen molar-refractivity contribution in [3.05, 3.63) is 90.0 Å². The molecule has 1 fully saturated rings. The smallest absolute Gasteiger partial charge is 0.122 e. The van der Waals surface area contributed by atoms with E-state index in [0.29, 0.717) is 0 Å². The van der Waals surface area contributed by atoms with Crippen LogP contribution in [0.25, 0.3) is 11.1 Å². The lowest BCUT2D eigenvalue weighted by atomic mass is 9.82. The van der Waals surface area contributed by atoms with Crippen molar-refractivity contribution < 1.29 is 4.74 Å². The number of nitrogens with one attached hydrogen (secondary N) is 1. The number of hydrogen-bond acceptors (Lipinski definition) is 3. The Morgan fingerprint density at radius 1 is 0.933 bits per heavy atom. The van der Waals surface area contributed by atoms with Gasteiger partial charge in [-0.15, -0.1) is 0 Å². The highest BCUT2D eigenvalue weighted by Crippen LogP contribution is 2.35. The number of amidine groups is 1. The van der Waals surface area contributed by atoms with Gasteiger partial charge in [0.25, 0.3) is 0 Å². The van der Waals surface area contributed by atoms with Crippen LogP contribution in [0.15, 0.2) is 78.9 Å². The van der Waals surface area contributed by atoms with Gasteiger partial charge in [-0.05, 0) is 53.8 Å². The molecule has 4 nitrogen and oxygen atoms in total. The van der Waals surface area contributed by atoms with Crippen molar-refractivity contribution in [2.45, 2.75) is 24.9 Å². The molecule has 4 heteroatoms. The second kappa shape index (κ2) is 8.72. The number of nitrogen functional groups attached to an aromatic ring is 1. The van der Waals surface area contributed by atoms with Crippen molar-refractivity contribution in [1.29, 1.82) is 5.41 Å². The van der Waals surface area contributed by atoms with E-state index in [-0.39, 0.29) is 11.4 Å². The largest absolute Gasteiger partial charge is 0.384 e. The molecule has 0 bridgehead atoms. The normalized spacial score (nSPS) is 15.7. The third-order valence-corrected chi connectivity index (χ3v) is 6.27. The third kappa shape index (κ3) is 4.24. The monoisotopic (exact) mass is 399 g/mol. The van der Waals surface area contributed by atoms with E-state index < -0.39 is 0 Å². The molecule has 4 rings (SSSR count). The lowest BCUT2D eigenvalue weighted by molar-refractivity contribution is -0.0288. The van der Waals surface area contributed by atoms with Crippen LogP contribution in [-0.4, -0.2) is 31.6 Å². The summed E-state index contributed by atoms with van der Waals surface area (Å²) in [5, 5.41) is 7.56. The lowest BCUT2D eigenvalue weighted by Gasteiger charge is -2.42. The number of methoxy groups -OCH3 is 1. The molecule has 0 radical (unpaired) electrons. The van der Waals surface area contributed by atoms with Crippen LogP contribution in [0, 0.1) is 5.41 Å². The van der Waals surface area contributed by atoms with E-state index >= 15 is 0 Å². The third-order valence-electron chi connectivity index (χ3n) is 6.27. The minimum Gasteiger partial charge on any atom is -0.384 e. The van der Waals surface area contributed by atoms with Gasteiger partial charge in [-0.3, -0.25) is 5.41 Å². The number of rotatable bonds is 6. The summed E-state index contributed by atoms with van der Waals surface area (Å²) < 4.78 is 6.14. The van der Waals surface area contributed by atoms with Crippen LogP contribution >= 0.6 is 0 Å². The number of hydrogen-bond donors (Lipinski definition) is 2. The van der Waals surface area contributed by atoms with Gasteiger partial charge in [0.1, 0.15) is 5.84 Å². The maximum atomic E-state index is 7.56. The van der Waals surface area contributed by atoms with Gasteiger partial charge < -0.3 is 15.4 Å². The van der Waals surface area contributed by atoms with Gasteiger partial charge in [0.05, 0.1) is 5.60 Å². The summed E-state index contributed by atoms with van der Waals surface area (Å²) in [6, 6.07) is 27.2. The summed E-state index contributed by atoms with van der Waals surface area (Å²) in [6.45, 7) is 1.89. The Morgan fingerprint density at radius 3 is 2.20 bits per heavy atom. The second-order valence-electron chi connectivity index (χ2n) is 8.03. The number of benzene rings is 3. The fraction of sp³-hybridized carbons (Fsp3) is 0.269. The van der Waals surface area contributed by atoms with Crippen LogP contribution in [0.4, 0.5) is 5.69 Å². The van der Waals surface area contributed by atoms with Gasteiger partial charge in [0.15, 0.2) is 0 Å². The van der Waals surface area contributed by atoms with Gasteiger partial charge in [0, 0.05) is 37.9 Å². The molecule has 0 unspecified atom stereocenters. The van der Waals surface area contributed by atoms with Crippen LogP contribution in [0.1, 0.15) is 24.0 Å². The standard InChI is InChI=1S/C26H29N3O/c1-30-26(19-22-9-5-6-10-24(22)20-7-3-2-4-8-20)15-17-29(18-16-26)23-13-11-21(12-14-23)25(27)28/h2-14H,15-19H2,1H3,(H3,27,28). The molecule has 1 saturated heterocycles. The molecule has 30 heavy (non-hydrogen) atoms. The Balaban J connectivity index is 1.50. The molecule has 3 aromatic rings. The van der Waals surface area contributed by atoms with Gasteiger partial charge >= 0.3 is 0 Å². The van der Waals surface area contributed by atoms with Gasteiger partial charge in [-0.1, -0.05) is 54.6 Å². The maximum absolute atomic E-state index is 7.56. The van der Waals surface area contributed by atoms with Crippen molar-refractivity contribution in [2.75, 3.05) is 25.1 Å². The molecule has 3 N–H and O–H groups in total. The van der Waals surface area contributed by atoms with Crippen LogP contribution in [0.3, 0.4) is 0 Å². The number of nitrogens with zero attached hydrogens (tertiary/aromatic N) is 1. The number of piperidine rings is 1. The molecule has 0 aromatic heterocycles. The minimum atomic E-state index is -0.152. The first-order chi connectivity index (χ1) is 14.6. The molecule has 1 aliphatic rings. The first-order valence-corrected chi connectivity index (χ1v) is 10.5. The van der Waals surface area contributed by atoms with Crippen LogP contribution in [-0.2, 0) is 11.2 Å². The highest BCUT2D eigenvalue weighted by molar-refractivity contribution is 5.95. The molecule has 3 aromatic carbocycles. The Labute approximate surface area is 178 Å². The lowest BCUT2D eigenvalue weighted by Crippen LogP contribution is -2.47. The summed E-state index contributed by atoms with van der Waals surface area (Å²) >= 11 is 0. The molecule has 1 heterocycles. The highest BCUT2D eigenvalue weighted by Gasteiger charge is 2.35. The summed E-state index contributed by atoms with van der Waals surface area (Å²) in [5.41, 5.74) is 11.2. The van der Waals surface area contributed by atoms with Gasteiger partial charge in [-0.2, -0.15) is 0 Å². The highest BCUT2D eigenvalue weighted by atomic mass is 16.5. The first-order valence-electron chi connectivity index (χ1n) is 10.5. The van der Waals surface area contributed by atoms with E-state index in [1.165, 1.54) is 22.4 Å². The molecule has 0 saturated carbocycles. The Morgan fingerprint density at radius 2 is 1.57 bits per heavy atom. The summed E-state index contributed by atoms with van der Waals surface area (Å²) in [6.07, 6.45) is 2.86. The van der Waals surface area contributed by atoms with Crippen LogP contribution in [0.2, 0.25) is 0 Å². The Kier molecular flexibility index (Phi) is 5.86. The van der Waals surface area contributed by atoms with E-state index in [1.807, 2.05) is 19.2 Å². The maximum Gasteiger partial charge on any atom is 0.122 e. The zero-order valence-corrected chi connectivity index (χ0v) is 17.5. The van der Waals surface area contributed by atoms with E-state index in [9.17, 15) is 0 Å². The molecular formula is C26H29N3O. The summed E-state index contributed by atoms with van der Waals surface area (Å²) in [4.78, 5) is 2.39. The van der Waals surface area contributed by atoms with Crippen molar-refractivity contribution in [3.63, 3.8) is 0 Å². The number of anilines is 1. The van der Waals surface area contributed by atoms with E-state index in [0.717, 1.165) is 37.9 Å². The van der Waals surface area contributed by atoms with Crippen molar-refractivity contribution >= 4 is 11.5 Å². The fourth-order valence-corrected chi connectivity index (χ4v) is 4.40. The molecule has 0 atom stereocenters. The first kappa shape index (κ1) is 20.2. The van der Waals surface area contributed by atoms with Crippen LogP contribution < -0.4 is 10.6 Å². The molecule has 154 valence electrons. The fourth-order valence-electron chi connectivity index (χ4n) is 4.40. The SMILES string of the molecule is COC1(Cc2ccccc2-c2ccccc2)CCN(c2ccc(C(=N)N)cc2)CC1. The molecule has 0 aliphatic carbocycles. The molecule has 0 amide bonds. The second-order valence-corrected chi connectivity index (χ2v) is 8.03. The molecule has 0 spiro atoms. The average Bonchev–Trinajstić information content (AvgIpc) is 2.80. The topological polar surface area (TPSA) is 62.3 Å². The van der Waals surface area contributed by atoms with Crippen molar-refractivity contribution in [3.8, 4) is 11.1 Å². The van der Waals surface area contributed by atoms with Gasteiger partial charge in [0.2, 0.25) is 0 Å². The van der Waals surface area contributed by atoms with Crippen LogP contribution in [0.5, 0.6) is 0 Å². The van der Waals surface area contributed by atoms with E-state index in [4.69, 9.17) is 15.9 Å². The zero-order chi connectivity index (χ0) is 21.0. The summed E-state index contributed by atoms with van der Waals surface area (Å²) in [7, 11) is 1.85. The quantitative estimate of drug-likeness (QED) is 0.459. The van der Waals surface area contributed by atoms with Gasteiger partial charge in [-0.25, -0.2) is 0 Å². The number of nitrogens with two attached hydrogens (primary N) is 1.